The van der Waals surface area contributed by atoms with E-state index in [-0.39, 0.29) is 18.2 Å². The molecular formula is C22H26ClN3O2. The summed E-state index contributed by atoms with van der Waals surface area (Å²) in [7, 11) is 0. The molecule has 2 aromatic carbocycles. The molecule has 5 nitrogen and oxygen atoms in total. The molecule has 148 valence electrons. The number of hydrogen-bond donors (Lipinski definition) is 2. The van der Waals surface area contributed by atoms with E-state index in [0.717, 1.165) is 67.8 Å². The summed E-state index contributed by atoms with van der Waals surface area (Å²) in [5.74, 6) is -0.445. The molecule has 0 spiro atoms. The molecule has 6 heteroatoms. The van der Waals surface area contributed by atoms with E-state index >= 15 is 0 Å². The first kappa shape index (κ1) is 20.4. The molecule has 2 aromatic rings. The molecule has 3 N–H and O–H groups in total. The highest BCUT2D eigenvalue weighted by atomic mass is 35.5. The van der Waals surface area contributed by atoms with Gasteiger partial charge in [-0.25, -0.2) is 0 Å². The number of ketones is 1. The number of nitrogens with one attached hydrogen (secondary N) is 1. The zero-order valence-electron chi connectivity index (χ0n) is 16.1. The minimum absolute atomic E-state index is 0. The van der Waals surface area contributed by atoms with E-state index in [1.165, 1.54) is 0 Å². The summed E-state index contributed by atoms with van der Waals surface area (Å²) in [5.41, 5.74) is 11.3. The van der Waals surface area contributed by atoms with Crippen molar-refractivity contribution < 1.29 is 9.59 Å². The third-order valence-electron chi connectivity index (χ3n) is 5.55. The van der Waals surface area contributed by atoms with Gasteiger partial charge in [-0.1, -0.05) is 37.6 Å². The Labute approximate surface area is 171 Å². The number of nitrogens with zero attached hydrogens (tertiary/aromatic N) is 1. The van der Waals surface area contributed by atoms with Gasteiger partial charge in [0, 0.05) is 31.7 Å². The Hall–Kier alpha value is -2.37. The smallest absolute Gasteiger partial charge is 0.251 e. The van der Waals surface area contributed by atoms with E-state index in [1.54, 1.807) is 0 Å². The van der Waals surface area contributed by atoms with E-state index in [2.05, 4.69) is 17.1 Å². The molecule has 2 aliphatic rings. The largest absolute Gasteiger partial charge is 0.368 e. The van der Waals surface area contributed by atoms with E-state index in [4.69, 9.17) is 5.73 Å². The van der Waals surface area contributed by atoms with Crippen molar-refractivity contribution in [2.24, 2.45) is 5.73 Å². The molecule has 1 aliphatic heterocycles. The van der Waals surface area contributed by atoms with Crippen LogP contribution in [0.15, 0.2) is 30.3 Å². The van der Waals surface area contributed by atoms with Crippen LogP contribution < -0.4 is 16.0 Å². The van der Waals surface area contributed by atoms with Crippen molar-refractivity contribution in [1.29, 1.82) is 0 Å². The van der Waals surface area contributed by atoms with Crippen molar-refractivity contribution in [3.63, 3.8) is 0 Å². The number of halogens is 1. The maximum Gasteiger partial charge on any atom is 0.251 e. The zero-order chi connectivity index (χ0) is 19.0. The van der Waals surface area contributed by atoms with Crippen LogP contribution in [-0.4, -0.2) is 37.9 Å². The number of primary amides is 1. The monoisotopic (exact) mass is 399 g/mol. The fraction of sp³-hybridized carbons (Fsp3) is 0.364. The number of rotatable bonds is 5. The lowest BCUT2D eigenvalue weighted by molar-refractivity contribution is 0.0999. The third kappa shape index (κ3) is 3.29. The van der Waals surface area contributed by atoms with Gasteiger partial charge in [0.15, 0.2) is 5.78 Å². The first-order chi connectivity index (χ1) is 13.1. The van der Waals surface area contributed by atoms with E-state index in [1.807, 2.05) is 30.3 Å². The van der Waals surface area contributed by atoms with Crippen LogP contribution in [0.1, 0.15) is 51.6 Å². The van der Waals surface area contributed by atoms with Gasteiger partial charge in [0.1, 0.15) is 0 Å². The molecule has 4 rings (SSSR count). The van der Waals surface area contributed by atoms with Crippen molar-refractivity contribution >= 4 is 29.8 Å². The molecule has 28 heavy (non-hydrogen) atoms. The minimum Gasteiger partial charge on any atom is -0.368 e. The predicted octanol–water partition coefficient (Wildman–Crippen LogP) is 3.17. The summed E-state index contributed by atoms with van der Waals surface area (Å²) in [6.07, 6.45) is 2.81. The number of piperazine rings is 1. The SMILES string of the molecule is CCCCc1cc2c(c(N3CCNCC3)c1C(N)=O)C(=O)c1ccccc1-2.Cl. The van der Waals surface area contributed by atoms with E-state index in [9.17, 15) is 9.59 Å². The predicted molar refractivity (Wildman–Crippen MR) is 115 cm³/mol. The highest BCUT2D eigenvalue weighted by Crippen LogP contribution is 2.44. The molecule has 1 heterocycles. The summed E-state index contributed by atoms with van der Waals surface area (Å²) < 4.78 is 0. The average Bonchev–Trinajstić information content (AvgIpc) is 2.98. The summed E-state index contributed by atoms with van der Waals surface area (Å²) in [5, 5.41) is 3.34. The third-order valence-corrected chi connectivity index (χ3v) is 5.55. The quantitative estimate of drug-likeness (QED) is 0.691. The van der Waals surface area contributed by atoms with Crippen molar-refractivity contribution in [2.45, 2.75) is 26.2 Å². The fourth-order valence-corrected chi connectivity index (χ4v) is 4.26. The fourth-order valence-electron chi connectivity index (χ4n) is 4.26. The first-order valence-electron chi connectivity index (χ1n) is 9.73. The van der Waals surface area contributed by atoms with Crippen LogP contribution in [0.4, 0.5) is 5.69 Å². The molecular weight excluding hydrogens is 374 g/mol. The van der Waals surface area contributed by atoms with Crippen molar-refractivity contribution in [3.8, 4) is 11.1 Å². The normalized spacial score (nSPS) is 15.0. The Bertz CT molecular complexity index is 920. The Morgan fingerprint density at radius 3 is 2.46 bits per heavy atom. The van der Waals surface area contributed by atoms with Gasteiger partial charge in [0.2, 0.25) is 0 Å². The Kier molecular flexibility index (Phi) is 6.06. The number of carbonyl (C=O) groups is 2. The van der Waals surface area contributed by atoms with Crippen LogP contribution in [0.2, 0.25) is 0 Å². The lowest BCUT2D eigenvalue weighted by atomic mass is 9.91. The number of unbranched alkanes of at least 4 members (excludes halogenated alkanes) is 1. The average molecular weight is 400 g/mol. The molecule has 0 radical (unpaired) electrons. The maximum atomic E-state index is 13.3. The molecule has 1 amide bonds. The molecule has 0 unspecified atom stereocenters. The molecule has 0 bridgehead atoms. The number of nitrogens with two attached hydrogens (primary N) is 1. The summed E-state index contributed by atoms with van der Waals surface area (Å²) in [6.45, 7) is 5.30. The highest BCUT2D eigenvalue weighted by molar-refractivity contribution is 6.26. The number of fused-ring (bicyclic) bond motifs is 3. The highest BCUT2D eigenvalue weighted by Gasteiger charge is 2.35. The maximum absolute atomic E-state index is 13.3. The van der Waals surface area contributed by atoms with Gasteiger partial charge in [0.05, 0.1) is 16.8 Å². The Morgan fingerprint density at radius 1 is 1.14 bits per heavy atom. The van der Waals surface area contributed by atoms with Gasteiger partial charge in [-0.2, -0.15) is 0 Å². The molecule has 0 saturated carbocycles. The molecule has 1 saturated heterocycles. The lowest BCUT2D eigenvalue weighted by Crippen LogP contribution is -2.45. The number of amides is 1. The van der Waals surface area contributed by atoms with Crippen LogP contribution in [0.5, 0.6) is 0 Å². The molecule has 1 aliphatic carbocycles. The molecule has 1 fully saturated rings. The first-order valence-corrected chi connectivity index (χ1v) is 9.73. The lowest BCUT2D eigenvalue weighted by Gasteiger charge is -2.33. The summed E-state index contributed by atoms with van der Waals surface area (Å²) in [6, 6.07) is 9.74. The second-order valence-corrected chi connectivity index (χ2v) is 7.26. The van der Waals surface area contributed by atoms with Crippen LogP contribution >= 0.6 is 12.4 Å². The van der Waals surface area contributed by atoms with Gasteiger partial charge >= 0.3 is 0 Å². The number of benzene rings is 2. The summed E-state index contributed by atoms with van der Waals surface area (Å²) >= 11 is 0. The summed E-state index contributed by atoms with van der Waals surface area (Å²) in [4.78, 5) is 27.9. The number of anilines is 1. The molecule has 0 atom stereocenters. The van der Waals surface area contributed by atoms with E-state index in [0.29, 0.717) is 16.7 Å². The Morgan fingerprint density at radius 2 is 1.82 bits per heavy atom. The van der Waals surface area contributed by atoms with Crippen molar-refractivity contribution in [2.75, 3.05) is 31.1 Å². The standard InChI is InChI=1S/C22H25N3O2.ClH/c1-2-3-6-14-13-17-15-7-4-5-8-16(15)21(26)19(17)20(18(14)22(23)27)25-11-9-24-10-12-25;/h4-5,7-8,13,24H,2-3,6,9-12H2,1H3,(H2,23,27);1H. The van der Waals surface area contributed by atoms with Crippen molar-refractivity contribution in [3.05, 3.63) is 52.6 Å². The van der Waals surface area contributed by atoms with Gasteiger partial charge in [-0.15, -0.1) is 12.4 Å². The van der Waals surface area contributed by atoms with Gasteiger partial charge < -0.3 is 16.0 Å². The van der Waals surface area contributed by atoms with Gasteiger partial charge in [-0.3, -0.25) is 9.59 Å². The Balaban J connectivity index is 0.00000225. The topological polar surface area (TPSA) is 75.4 Å². The number of aryl methyl sites for hydroxylation is 1. The van der Waals surface area contributed by atoms with Crippen LogP contribution in [0.25, 0.3) is 11.1 Å². The van der Waals surface area contributed by atoms with E-state index < -0.39 is 5.91 Å². The van der Waals surface area contributed by atoms with Gasteiger partial charge in [-0.05, 0) is 35.6 Å². The van der Waals surface area contributed by atoms with Crippen molar-refractivity contribution in [1.82, 2.24) is 5.32 Å². The molecule has 0 aromatic heterocycles. The zero-order valence-corrected chi connectivity index (χ0v) is 16.9. The number of carbonyl (C=O) groups excluding carboxylic acids is 2. The number of hydrogen-bond acceptors (Lipinski definition) is 4. The van der Waals surface area contributed by atoms with Crippen LogP contribution in [-0.2, 0) is 6.42 Å². The van der Waals surface area contributed by atoms with Crippen LogP contribution in [0, 0.1) is 0 Å². The second kappa shape index (κ2) is 8.33. The second-order valence-electron chi connectivity index (χ2n) is 7.26. The van der Waals surface area contributed by atoms with Crippen LogP contribution in [0.3, 0.4) is 0 Å². The van der Waals surface area contributed by atoms with Gasteiger partial charge in [0.25, 0.3) is 5.91 Å². The minimum atomic E-state index is -0.443.